The van der Waals surface area contributed by atoms with Gasteiger partial charge in [0.2, 0.25) is 0 Å². The zero-order chi connectivity index (χ0) is 13.3. The number of nitrogens with zero attached hydrogens (tertiary/aromatic N) is 2. The highest BCUT2D eigenvalue weighted by Crippen LogP contribution is 2.04. The standard InChI is InChI=1S/C13H31N3O/c1-6-14-13(8-9-17)11-16(7-2)12(3)10-15(4)5/h12-14,17H,6-11H2,1-5H3. The number of nitrogens with one attached hydrogen (secondary N) is 1. The van der Waals surface area contributed by atoms with E-state index in [4.69, 9.17) is 5.11 Å². The third-order valence-electron chi connectivity index (χ3n) is 3.08. The van der Waals surface area contributed by atoms with Gasteiger partial charge in [0, 0.05) is 31.8 Å². The van der Waals surface area contributed by atoms with Crippen LogP contribution in [0.1, 0.15) is 27.2 Å². The Labute approximate surface area is 107 Å². The summed E-state index contributed by atoms with van der Waals surface area (Å²) in [5, 5.41) is 12.5. The molecule has 0 fully saturated rings. The molecule has 0 aromatic heterocycles. The maximum atomic E-state index is 9.07. The van der Waals surface area contributed by atoms with Crippen molar-refractivity contribution in [2.24, 2.45) is 0 Å². The van der Waals surface area contributed by atoms with E-state index >= 15 is 0 Å². The average Bonchev–Trinajstić information content (AvgIpc) is 2.25. The molecule has 0 aliphatic rings. The Morgan fingerprint density at radius 2 is 1.82 bits per heavy atom. The van der Waals surface area contributed by atoms with Crippen LogP contribution in [0.3, 0.4) is 0 Å². The maximum absolute atomic E-state index is 9.07. The summed E-state index contributed by atoms with van der Waals surface area (Å²) < 4.78 is 0. The summed E-state index contributed by atoms with van der Waals surface area (Å²) in [6.45, 7) is 11.0. The number of aliphatic hydroxyl groups excluding tert-OH is 1. The molecule has 4 heteroatoms. The van der Waals surface area contributed by atoms with Crippen LogP contribution in [-0.4, -0.2) is 73.9 Å². The van der Waals surface area contributed by atoms with Crippen LogP contribution >= 0.6 is 0 Å². The Bertz CT molecular complexity index is 170. The molecule has 2 N–H and O–H groups in total. The van der Waals surface area contributed by atoms with Gasteiger partial charge in [-0.05, 0) is 40.5 Å². The molecule has 0 rings (SSSR count). The summed E-state index contributed by atoms with van der Waals surface area (Å²) in [5.41, 5.74) is 0. The van der Waals surface area contributed by atoms with Crippen molar-refractivity contribution in [1.82, 2.24) is 15.1 Å². The summed E-state index contributed by atoms with van der Waals surface area (Å²) in [6.07, 6.45) is 0.832. The molecular weight excluding hydrogens is 214 g/mol. The van der Waals surface area contributed by atoms with Gasteiger partial charge in [0.15, 0.2) is 0 Å². The summed E-state index contributed by atoms with van der Waals surface area (Å²) >= 11 is 0. The van der Waals surface area contributed by atoms with Crippen molar-refractivity contribution in [2.45, 2.75) is 39.3 Å². The minimum absolute atomic E-state index is 0.261. The van der Waals surface area contributed by atoms with Crippen molar-refractivity contribution in [3.05, 3.63) is 0 Å². The second kappa shape index (κ2) is 9.83. The molecule has 0 aliphatic heterocycles. The van der Waals surface area contributed by atoms with Crippen LogP contribution in [0.2, 0.25) is 0 Å². The van der Waals surface area contributed by atoms with Crippen LogP contribution in [0.5, 0.6) is 0 Å². The second-order valence-electron chi connectivity index (χ2n) is 4.97. The quantitative estimate of drug-likeness (QED) is 0.592. The van der Waals surface area contributed by atoms with Gasteiger partial charge in [-0.3, -0.25) is 4.90 Å². The third kappa shape index (κ3) is 7.71. The molecule has 0 aliphatic carbocycles. The van der Waals surface area contributed by atoms with Crippen LogP contribution in [0.15, 0.2) is 0 Å². The van der Waals surface area contributed by atoms with Gasteiger partial charge in [0.25, 0.3) is 0 Å². The maximum Gasteiger partial charge on any atom is 0.0446 e. The fourth-order valence-corrected chi connectivity index (χ4v) is 2.25. The van der Waals surface area contributed by atoms with Crippen LogP contribution in [0, 0.1) is 0 Å². The lowest BCUT2D eigenvalue weighted by Gasteiger charge is -2.33. The van der Waals surface area contributed by atoms with E-state index < -0.39 is 0 Å². The molecule has 0 saturated heterocycles. The van der Waals surface area contributed by atoms with Crippen LogP contribution in [0.4, 0.5) is 0 Å². The lowest BCUT2D eigenvalue weighted by molar-refractivity contribution is 0.154. The minimum Gasteiger partial charge on any atom is -0.396 e. The fraction of sp³-hybridized carbons (Fsp3) is 1.00. The van der Waals surface area contributed by atoms with Gasteiger partial charge in [-0.1, -0.05) is 13.8 Å². The first-order chi connectivity index (χ1) is 8.04. The van der Waals surface area contributed by atoms with E-state index in [1.807, 2.05) is 0 Å². The van der Waals surface area contributed by atoms with E-state index in [2.05, 4.69) is 50.0 Å². The van der Waals surface area contributed by atoms with E-state index in [0.29, 0.717) is 12.1 Å². The summed E-state index contributed by atoms with van der Waals surface area (Å²) in [5.74, 6) is 0. The van der Waals surface area contributed by atoms with Crippen molar-refractivity contribution in [2.75, 3.05) is 46.9 Å². The second-order valence-corrected chi connectivity index (χ2v) is 4.97. The topological polar surface area (TPSA) is 38.7 Å². The molecule has 0 bridgehead atoms. The predicted molar refractivity (Wildman–Crippen MR) is 74.4 cm³/mol. The first-order valence-corrected chi connectivity index (χ1v) is 6.78. The zero-order valence-electron chi connectivity index (χ0n) is 12.2. The predicted octanol–water partition coefficient (Wildman–Crippen LogP) is 0.619. The normalized spacial score (nSPS) is 15.5. The number of aliphatic hydroxyl groups is 1. The van der Waals surface area contributed by atoms with Crippen LogP contribution in [-0.2, 0) is 0 Å². The van der Waals surface area contributed by atoms with Crippen LogP contribution in [0.25, 0.3) is 0 Å². The first kappa shape index (κ1) is 16.8. The highest BCUT2D eigenvalue weighted by molar-refractivity contribution is 4.76. The largest absolute Gasteiger partial charge is 0.396 e. The van der Waals surface area contributed by atoms with E-state index in [-0.39, 0.29) is 6.61 Å². The number of hydrogen-bond donors (Lipinski definition) is 2. The van der Waals surface area contributed by atoms with Gasteiger partial charge in [-0.15, -0.1) is 0 Å². The molecular formula is C13H31N3O. The third-order valence-corrected chi connectivity index (χ3v) is 3.08. The Hall–Kier alpha value is -0.160. The highest BCUT2D eigenvalue weighted by atomic mass is 16.3. The van der Waals surface area contributed by atoms with Gasteiger partial charge in [0.05, 0.1) is 0 Å². The summed E-state index contributed by atoms with van der Waals surface area (Å²) in [6, 6.07) is 0.949. The molecule has 4 nitrogen and oxygen atoms in total. The first-order valence-electron chi connectivity index (χ1n) is 6.78. The molecule has 0 aromatic carbocycles. The SMILES string of the molecule is CCNC(CCO)CN(CC)C(C)CN(C)C. The van der Waals surface area contributed by atoms with Crippen molar-refractivity contribution in [3.8, 4) is 0 Å². The van der Waals surface area contributed by atoms with Crippen molar-refractivity contribution in [3.63, 3.8) is 0 Å². The Morgan fingerprint density at radius 1 is 1.18 bits per heavy atom. The lowest BCUT2D eigenvalue weighted by Crippen LogP contribution is -2.47. The molecule has 0 radical (unpaired) electrons. The summed E-state index contributed by atoms with van der Waals surface area (Å²) in [7, 11) is 4.22. The van der Waals surface area contributed by atoms with E-state index in [1.165, 1.54) is 0 Å². The number of likely N-dealkylation sites (N-methyl/N-ethyl adjacent to an activating group) is 3. The molecule has 0 aromatic rings. The molecule has 17 heavy (non-hydrogen) atoms. The molecule has 0 heterocycles. The molecule has 0 spiro atoms. The van der Waals surface area contributed by atoms with E-state index in [1.54, 1.807) is 0 Å². The zero-order valence-corrected chi connectivity index (χ0v) is 12.2. The van der Waals surface area contributed by atoms with Gasteiger partial charge in [0.1, 0.15) is 0 Å². The van der Waals surface area contributed by atoms with Gasteiger partial charge in [-0.2, -0.15) is 0 Å². The van der Waals surface area contributed by atoms with Crippen molar-refractivity contribution in [1.29, 1.82) is 0 Å². The van der Waals surface area contributed by atoms with Gasteiger partial charge < -0.3 is 15.3 Å². The molecule has 2 unspecified atom stereocenters. The fourth-order valence-electron chi connectivity index (χ4n) is 2.25. The Kier molecular flexibility index (Phi) is 9.74. The van der Waals surface area contributed by atoms with Gasteiger partial charge >= 0.3 is 0 Å². The monoisotopic (exact) mass is 245 g/mol. The highest BCUT2D eigenvalue weighted by Gasteiger charge is 2.17. The molecule has 0 saturated carbocycles. The van der Waals surface area contributed by atoms with E-state index in [9.17, 15) is 0 Å². The number of rotatable bonds is 10. The smallest absolute Gasteiger partial charge is 0.0446 e. The lowest BCUT2D eigenvalue weighted by atomic mass is 10.1. The molecule has 2 atom stereocenters. The van der Waals surface area contributed by atoms with Crippen molar-refractivity contribution < 1.29 is 5.11 Å². The van der Waals surface area contributed by atoms with E-state index in [0.717, 1.165) is 32.6 Å². The molecule has 0 amide bonds. The minimum atomic E-state index is 0.261. The Morgan fingerprint density at radius 3 is 2.24 bits per heavy atom. The van der Waals surface area contributed by atoms with Gasteiger partial charge in [-0.25, -0.2) is 0 Å². The summed E-state index contributed by atoms with van der Waals surface area (Å²) in [4.78, 5) is 4.70. The molecule has 104 valence electrons. The average molecular weight is 245 g/mol. The van der Waals surface area contributed by atoms with Crippen molar-refractivity contribution >= 4 is 0 Å². The Balaban J connectivity index is 4.22. The number of hydrogen-bond acceptors (Lipinski definition) is 4. The van der Waals surface area contributed by atoms with Crippen LogP contribution < -0.4 is 5.32 Å².